The van der Waals surface area contributed by atoms with Gasteiger partial charge in [-0.15, -0.1) is 11.3 Å². The molecule has 18 heavy (non-hydrogen) atoms. The number of aliphatic hydroxyl groups excluding tert-OH is 1. The lowest BCUT2D eigenvalue weighted by atomic mass is 10.00. The van der Waals surface area contributed by atoms with Gasteiger partial charge in [0.05, 0.1) is 12.1 Å². The van der Waals surface area contributed by atoms with E-state index in [0.717, 1.165) is 19.5 Å². The molecule has 100 valence electrons. The minimum atomic E-state index is -0.0801. The molecular formula is C14H22N2OS. The Hall–Kier alpha value is -0.420. The Kier molecular flexibility index (Phi) is 3.45. The van der Waals surface area contributed by atoms with Crippen molar-refractivity contribution in [2.45, 2.75) is 31.9 Å². The highest BCUT2D eigenvalue weighted by molar-refractivity contribution is 7.12. The zero-order chi connectivity index (χ0) is 12.7. The van der Waals surface area contributed by atoms with Gasteiger partial charge in [-0.2, -0.15) is 0 Å². The van der Waals surface area contributed by atoms with Crippen LogP contribution in [0, 0.1) is 18.8 Å². The summed E-state index contributed by atoms with van der Waals surface area (Å²) in [5.74, 6) is 1.18. The lowest BCUT2D eigenvalue weighted by Gasteiger charge is -2.27. The van der Waals surface area contributed by atoms with Crippen LogP contribution < -0.4 is 5.73 Å². The van der Waals surface area contributed by atoms with Gasteiger partial charge in [0.15, 0.2) is 0 Å². The van der Waals surface area contributed by atoms with Crippen LogP contribution in [0.3, 0.4) is 0 Å². The van der Waals surface area contributed by atoms with Crippen molar-refractivity contribution in [1.29, 1.82) is 0 Å². The Morgan fingerprint density at radius 3 is 2.89 bits per heavy atom. The van der Waals surface area contributed by atoms with Crippen molar-refractivity contribution < 1.29 is 5.11 Å². The largest absolute Gasteiger partial charge is 0.393 e. The number of nitrogens with zero attached hydrogens (tertiary/aromatic N) is 1. The van der Waals surface area contributed by atoms with Gasteiger partial charge in [-0.3, -0.25) is 4.90 Å². The van der Waals surface area contributed by atoms with Crippen LogP contribution in [0.25, 0.3) is 0 Å². The molecule has 0 radical (unpaired) electrons. The second kappa shape index (κ2) is 4.93. The van der Waals surface area contributed by atoms with E-state index in [9.17, 15) is 5.11 Å². The highest BCUT2D eigenvalue weighted by atomic mass is 32.1. The Bertz CT molecular complexity index is 420. The maximum atomic E-state index is 9.99. The van der Waals surface area contributed by atoms with E-state index >= 15 is 0 Å². The van der Waals surface area contributed by atoms with E-state index in [1.165, 1.54) is 16.2 Å². The average molecular weight is 266 g/mol. The second-order valence-electron chi connectivity index (χ2n) is 5.72. The van der Waals surface area contributed by atoms with Crippen molar-refractivity contribution in [3.8, 4) is 0 Å². The van der Waals surface area contributed by atoms with Crippen molar-refractivity contribution in [1.82, 2.24) is 4.90 Å². The summed E-state index contributed by atoms with van der Waals surface area (Å²) in [5.41, 5.74) is 5.98. The van der Waals surface area contributed by atoms with Crippen molar-refractivity contribution in [2.75, 3.05) is 19.6 Å². The van der Waals surface area contributed by atoms with Gasteiger partial charge >= 0.3 is 0 Å². The smallest absolute Gasteiger partial charge is 0.0583 e. The fourth-order valence-electron chi connectivity index (χ4n) is 3.60. The summed E-state index contributed by atoms with van der Waals surface area (Å²) in [5, 5.41) is 9.99. The summed E-state index contributed by atoms with van der Waals surface area (Å²) in [6.45, 7) is 4.95. The van der Waals surface area contributed by atoms with Gasteiger partial charge < -0.3 is 10.8 Å². The van der Waals surface area contributed by atoms with E-state index < -0.39 is 0 Å². The van der Waals surface area contributed by atoms with E-state index in [1.54, 1.807) is 0 Å². The monoisotopic (exact) mass is 266 g/mol. The third kappa shape index (κ3) is 2.11. The molecule has 0 spiro atoms. The van der Waals surface area contributed by atoms with Crippen LogP contribution in [-0.4, -0.2) is 35.7 Å². The summed E-state index contributed by atoms with van der Waals surface area (Å²) in [4.78, 5) is 5.22. The number of likely N-dealkylation sites (tertiary alicyclic amines) is 1. The molecular weight excluding hydrogens is 244 g/mol. The lowest BCUT2D eigenvalue weighted by Crippen LogP contribution is -2.33. The molecule has 0 bridgehead atoms. The zero-order valence-electron chi connectivity index (χ0n) is 10.9. The number of aryl methyl sites for hydroxylation is 1. The summed E-state index contributed by atoms with van der Waals surface area (Å²) in [6, 6.07) is 4.73. The topological polar surface area (TPSA) is 49.5 Å². The van der Waals surface area contributed by atoms with Crippen molar-refractivity contribution in [2.24, 2.45) is 17.6 Å². The molecule has 1 aromatic rings. The van der Waals surface area contributed by atoms with E-state index in [2.05, 4.69) is 24.0 Å². The van der Waals surface area contributed by atoms with Crippen LogP contribution in [0.1, 0.15) is 28.6 Å². The Labute approximate surface area is 113 Å². The van der Waals surface area contributed by atoms with Crippen LogP contribution >= 0.6 is 11.3 Å². The van der Waals surface area contributed by atoms with Crippen molar-refractivity contribution in [3.05, 3.63) is 21.9 Å². The highest BCUT2D eigenvalue weighted by Gasteiger charge is 2.43. The molecule has 3 rings (SSSR count). The summed E-state index contributed by atoms with van der Waals surface area (Å²) < 4.78 is 0. The van der Waals surface area contributed by atoms with Gasteiger partial charge in [-0.05, 0) is 37.8 Å². The van der Waals surface area contributed by atoms with Crippen molar-refractivity contribution >= 4 is 11.3 Å². The molecule has 4 heteroatoms. The normalized spacial score (nSPS) is 33.8. The van der Waals surface area contributed by atoms with Gasteiger partial charge in [-0.25, -0.2) is 0 Å². The maximum absolute atomic E-state index is 9.99. The lowest BCUT2D eigenvalue weighted by molar-refractivity contribution is 0.118. The summed E-state index contributed by atoms with van der Waals surface area (Å²) >= 11 is 1.85. The van der Waals surface area contributed by atoms with E-state index in [-0.39, 0.29) is 6.10 Å². The predicted octanol–water partition coefficient (Wildman–Crippen LogP) is 1.76. The molecule has 4 unspecified atom stereocenters. The first-order valence-electron chi connectivity index (χ1n) is 6.87. The molecule has 2 aliphatic rings. The molecule has 1 saturated heterocycles. The zero-order valence-corrected chi connectivity index (χ0v) is 11.7. The van der Waals surface area contributed by atoms with Gasteiger partial charge in [-0.1, -0.05) is 0 Å². The molecule has 1 aliphatic heterocycles. The van der Waals surface area contributed by atoms with E-state index in [1.807, 2.05) is 11.3 Å². The third-order valence-electron chi connectivity index (χ3n) is 4.60. The summed E-state index contributed by atoms with van der Waals surface area (Å²) in [6.07, 6.45) is 2.10. The molecule has 1 aliphatic carbocycles. The second-order valence-corrected chi connectivity index (χ2v) is 7.04. The number of rotatable bonds is 3. The molecule has 0 amide bonds. The maximum Gasteiger partial charge on any atom is 0.0583 e. The fraction of sp³-hybridized carbons (Fsp3) is 0.714. The minimum absolute atomic E-state index is 0.0801. The highest BCUT2D eigenvalue weighted by Crippen LogP contribution is 2.41. The first-order chi connectivity index (χ1) is 8.69. The van der Waals surface area contributed by atoms with Crippen LogP contribution in [0.4, 0.5) is 0 Å². The molecule has 2 fully saturated rings. The third-order valence-corrected chi connectivity index (χ3v) is 5.70. The van der Waals surface area contributed by atoms with Crippen LogP contribution in [0.5, 0.6) is 0 Å². The van der Waals surface area contributed by atoms with Crippen molar-refractivity contribution in [3.63, 3.8) is 0 Å². The molecule has 3 N–H and O–H groups in total. The molecule has 3 nitrogen and oxygen atoms in total. The fourth-order valence-corrected chi connectivity index (χ4v) is 4.63. The van der Waals surface area contributed by atoms with Gasteiger partial charge in [0.25, 0.3) is 0 Å². The molecule has 1 saturated carbocycles. The quantitative estimate of drug-likeness (QED) is 0.876. The standard InChI is InChI=1S/C14H22N2OS/c1-9-2-5-14(18-9)12(6-15)16-7-10-3-4-13(17)11(10)8-16/h2,5,10-13,17H,3-4,6-8,15H2,1H3. The van der Waals surface area contributed by atoms with E-state index in [4.69, 9.17) is 5.73 Å². The summed E-state index contributed by atoms with van der Waals surface area (Å²) in [7, 11) is 0. The Morgan fingerprint density at radius 1 is 1.44 bits per heavy atom. The molecule has 1 aromatic heterocycles. The number of hydrogen-bond acceptors (Lipinski definition) is 4. The average Bonchev–Trinajstić information content (AvgIpc) is 3.01. The van der Waals surface area contributed by atoms with E-state index in [0.29, 0.717) is 24.4 Å². The first-order valence-corrected chi connectivity index (χ1v) is 7.69. The molecule has 4 atom stereocenters. The predicted molar refractivity (Wildman–Crippen MR) is 74.6 cm³/mol. The first kappa shape index (κ1) is 12.6. The Morgan fingerprint density at radius 2 is 2.28 bits per heavy atom. The van der Waals surface area contributed by atoms with Gasteiger partial charge in [0.2, 0.25) is 0 Å². The van der Waals surface area contributed by atoms with Crippen LogP contribution in [0.2, 0.25) is 0 Å². The van der Waals surface area contributed by atoms with Crippen LogP contribution in [0.15, 0.2) is 12.1 Å². The number of aliphatic hydroxyl groups is 1. The molecule has 2 heterocycles. The number of hydrogen-bond donors (Lipinski definition) is 2. The minimum Gasteiger partial charge on any atom is -0.393 e. The number of fused-ring (bicyclic) bond motifs is 1. The van der Waals surface area contributed by atoms with Crippen LogP contribution in [-0.2, 0) is 0 Å². The number of thiophene rings is 1. The SMILES string of the molecule is Cc1ccc(C(CN)N2CC3CCC(O)C3C2)s1. The van der Waals surface area contributed by atoms with Gasteiger partial charge in [0.1, 0.15) is 0 Å². The molecule has 0 aromatic carbocycles. The van der Waals surface area contributed by atoms with Gasteiger partial charge in [0, 0.05) is 35.3 Å². The number of nitrogens with two attached hydrogens (primary N) is 1. The Balaban J connectivity index is 1.74.